The van der Waals surface area contributed by atoms with Gasteiger partial charge in [0.2, 0.25) is 0 Å². The van der Waals surface area contributed by atoms with Crippen LogP contribution < -0.4 is 5.73 Å². The highest BCUT2D eigenvalue weighted by Crippen LogP contribution is 2.28. The van der Waals surface area contributed by atoms with Crippen molar-refractivity contribution in [3.8, 4) is 0 Å². The van der Waals surface area contributed by atoms with Gasteiger partial charge < -0.3 is 10.6 Å². The van der Waals surface area contributed by atoms with Crippen molar-refractivity contribution >= 4 is 33.2 Å². The summed E-state index contributed by atoms with van der Waals surface area (Å²) < 4.78 is 0.999. The van der Waals surface area contributed by atoms with Gasteiger partial charge in [0.25, 0.3) is 5.91 Å². The van der Waals surface area contributed by atoms with Crippen molar-refractivity contribution in [2.45, 2.75) is 32.2 Å². The number of nitrogens with zero attached hydrogens (tertiary/aromatic N) is 1. The molecule has 2 unspecified atom stereocenters. The Balaban J connectivity index is 2.10. The van der Waals surface area contributed by atoms with Crippen molar-refractivity contribution in [1.29, 1.82) is 0 Å². The smallest absolute Gasteiger partial charge is 0.255 e. The number of likely N-dealkylation sites (tertiary alicyclic amines) is 1. The largest absolute Gasteiger partial charge is 0.334 e. The van der Waals surface area contributed by atoms with E-state index in [1.165, 1.54) is 6.42 Å². The molecule has 1 aromatic heterocycles. The number of hydrogen-bond donors (Lipinski definition) is 1. The Morgan fingerprint density at radius 1 is 1.67 bits per heavy atom. The first kappa shape index (κ1) is 14.0. The summed E-state index contributed by atoms with van der Waals surface area (Å²) in [7, 11) is 0. The van der Waals surface area contributed by atoms with E-state index < -0.39 is 0 Å². The van der Waals surface area contributed by atoms with Gasteiger partial charge in [-0.2, -0.15) is 0 Å². The molecule has 100 valence electrons. The molecule has 0 aliphatic carbocycles. The fourth-order valence-corrected chi connectivity index (χ4v) is 3.71. The zero-order valence-corrected chi connectivity index (χ0v) is 13.0. The van der Waals surface area contributed by atoms with E-state index in [-0.39, 0.29) is 11.9 Å². The highest BCUT2D eigenvalue weighted by atomic mass is 79.9. The molecule has 2 N–H and O–H groups in total. The van der Waals surface area contributed by atoms with Gasteiger partial charge in [-0.05, 0) is 40.8 Å². The second kappa shape index (κ2) is 6.17. The second-order valence-corrected chi connectivity index (χ2v) is 7.12. The maximum atomic E-state index is 12.4. The third kappa shape index (κ3) is 2.95. The Bertz CT molecular complexity index is 421. The number of hydrogen-bond acceptors (Lipinski definition) is 3. The summed E-state index contributed by atoms with van der Waals surface area (Å²) in [6.45, 7) is 3.62. The number of amides is 1. The van der Waals surface area contributed by atoms with Crippen molar-refractivity contribution in [2.75, 3.05) is 13.1 Å². The van der Waals surface area contributed by atoms with Crippen LogP contribution >= 0.6 is 27.3 Å². The average Bonchev–Trinajstić information content (AvgIpc) is 2.83. The lowest BCUT2D eigenvalue weighted by molar-refractivity contribution is 0.0559. The van der Waals surface area contributed by atoms with Gasteiger partial charge in [0, 0.05) is 24.5 Å². The molecule has 1 amide bonds. The van der Waals surface area contributed by atoms with Gasteiger partial charge in [-0.3, -0.25) is 4.79 Å². The molecule has 0 spiro atoms. The van der Waals surface area contributed by atoms with Crippen LogP contribution in [0, 0.1) is 5.92 Å². The van der Waals surface area contributed by atoms with E-state index in [9.17, 15) is 4.79 Å². The first-order chi connectivity index (χ1) is 8.65. The van der Waals surface area contributed by atoms with Crippen LogP contribution in [0.15, 0.2) is 15.2 Å². The van der Waals surface area contributed by atoms with Gasteiger partial charge in [-0.25, -0.2) is 0 Å². The predicted molar refractivity (Wildman–Crippen MR) is 78.9 cm³/mol. The summed E-state index contributed by atoms with van der Waals surface area (Å²) in [6.07, 6.45) is 3.33. The van der Waals surface area contributed by atoms with E-state index in [1.54, 1.807) is 11.3 Å². The molecule has 1 saturated heterocycles. The third-order valence-electron chi connectivity index (χ3n) is 3.75. The average molecular weight is 331 g/mol. The molecule has 3 nitrogen and oxygen atoms in total. The van der Waals surface area contributed by atoms with E-state index >= 15 is 0 Å². The van der Waals surface area contributed by atoms with Gasteiger partial charge in [0.1, 0.15) is 0 Å². The van der Waals surface area contributed by atoms with E-state index in [0.717, 1.165) is 34.7 Å². The standard InChI is InChI=1S/C13H19BrN2OS/c1-2-9-3-4-16(11(5-9)7-15)13(17)10-6-12(14)18-8-10/h6,8-9,11H,2-5,7,15H2,1H3. The number of thiophene rings is 1. The van der Waals surface area contributed by atoms with Crippen LogP contribution in [-0.4, -0.2) is 29.9 Å². The van der Waals surface area contributed by atoms with Gasteiger partial charge in [-0.1, -0.05) is 13.3 Å². The SMILES string of the molecule is CCC1CCN(C(=O)c2csc(Br)c2)C(CN)C1. The minimum absolute atomic E-state index is 0.127. The topological polar surface area (TPSA) is 46.3 Å². The normalized spacial score (nSPS) is 24.3. The van der Waals surface area contributed by atoms with E-state index in [1.807, 2.05) is 16.3 Å². The lowest BCUT2D eigenvalue weighted by Gasteiger charge is -2.38. The van der Waals surface area contributed by atoms with Crippen LogP contribution in [-0.2, 0) is 0 Å². The summed E-state index contributed by atoms with van der Waals surface area (Å²) in [5.41, 5.74) is 6.61. The molecule has 5 heteroatoms. The molecule has 0 saturated carbocycles. The van der Waals surface area contributed by atoms with Crippen molar-refractivity contribution in [1.82, 2.24) is 4.90 Å². The molecular weight excluding hydrogens is 312 g/mol. The number of carbonyl (C=O) groups is 1. The molecule has 0 bridgehead atoms. The van der Waals surface area contributed by atoms with Gasteiger partial charge >= 0.3 is 0 Å². The number of halogens is 1. The summed E-state index contributed by atoms with van der Waals surface area (Å²) in [5.74, 6) is 0.846. The summed E-state index contributed by atoms with van der Waals surface area (Å²) >= 11 is 4.95. The van der Waals surface area contributed by atoms with Crippen molar-refractivity contribution in [2.24, 2.45) is 11.7 Å². The first-order valence-electron chi connectivity index (χ1n) is 6.40. The minimum Gasteiger partial charge on any atom is -0.334 e. The fraction of sp³-hybridized carbons (Fsp3) is 0.615. The Kier molecular flexibility index (Phi) is 4.81. The zero-order valence-electron chi connectivity index (χ0n) is 10.6. The molecule has 2 heterocycles. The quantitative estimate of drug-likeness (QED) is 0.925. The Hall–Kier alpha value is -0.390. The maximum absolute atomic E-state index is 12.4. The van der Waals surface area contributed by atoms with E-state index in [2.05, 4.69) is 22.9 Å². The second-order valence-electron chi connectivity index (χ2n) is 4.83. The fourth-order valence-electron chi connectivity index (χ4n) is 2.58. The summed E-state index contributed by atoms with van der Waals surface area (Å²) in [6, 6.07) is 2.10. The van der Waals surface area contributed by atoms with Gasteiger partial charge in [-0.15, -0.1) is 11.3 Å². The maximum Gasteiger partial charge on any atom is 0.255 e. The third-order valence-corrected chi connectivity index (χ3v) is 5.25. The molecule has 2 rings (SSSR count). The van der Waals surface area contributed by atoms with Crippen LogP contribution in [0.5, 0.6) is 0 Å². The summed E-state index contributed by atoms with van der Waals surface area (Å²) in [4.78, 5) is 14.4. The first-order valence-corrected chi connectivity index (χ1v) is 8.08. The summed E-state index contributed by atoms with van der Waals surface area (Å²) in [5, 5.41) is 1.91. The van der Waals surface area contributed by atoms with Crippen molar-refractivity contribution in [3.05, 3.63) is 20.8 Å². The molecular formula is C13H19BrN2OS. The van der Waals surface area contributed by atoms with Crippen LogP contribution in [0.3, 0.4) is 0 Å². The van der Waals surface area contributed by atoms with Crippen LogP contribution in [0.25, 0.3) is 0 Å². The van der Waals surface area contributed by atoms with Gasteiger partial charge in [0.05, 0.1) is 9.35 Å². The number of rotatable bonds is 3. The molecule has 1 fully saturated rings. The molecule has 2 atom stereocenters. The molecule has 1 aromatic rings. The highest BCUT2D eigenvalue weighted by Gasteiger charge is 2.30. The van der Waals surface area contributed by atoms with Crippen LogP contribution in [0.2, 0.25) is 0 Å². The number of piperidine rings is 1. The van der Waals surface area contributed by atoms with Crippen LogP contribution in [0.1, 0.15) is 36.5 Å². The molecule has 0 aromatic carbocycles. The van der Waals surface area contributed by atoms with Crippen molar-refractivity contribution < 1.29 is 4.79 Å². The lowest BCUT2D eigenvalue weighted by atomic mass is 9.88. The monoisotopic (exact) mass is 330 g/mol. The Morgan fingerprint density at radius 3 is 3.00 bits per heavy atom. The molecule has 18 heavy (non-hydrogen) atoms. The Morgan fingerprint density at radius 2 is 2.44 bits per heavy atom. The zero-order chi connectivity index (χ0) is 13.1. The highest BCUT2D eigenvalue weighted by molar-refractivity contribution is 9.11. The molecule has 1 aliphatic heterocycles. The Labute approximate surface area is 120 Å². The molecule has 1 aliphatic rings. The molecule has 0 radical (unpaired) electrons. The predicted octanol–water partition coefficient (Wildman–Crippen LogP) is 3.10. The lowest BCUT2D eigenvalue weighted by Crippen LogP contribution is -2.49. The number of nitrogens with two attached hydrogens (primary N) is 1. The van der Waals surface area contributed by atoms with E-state index in [0.29, 0.717) is 6.54 Å². The minimum atomic E-state index is 0.127. The number of carbonyl (C=O) groups excluding carboxylic acids is 1. The van der Waals surface area contributed by atoms with E-state index in [4.69, 9.17) is 5.73 Å². The van der Waals surface area contributed by atoms with Crippen LogP contribution in [0.4, 0.5) is 0 Å². The van der Waals surface area contributed by atoms with Gasteiger partial charge in [0.15, 0.2) is 0 Å². The van der Waals surface area contributed by atoms with Crippen molar-refractivity contribution in [3.63, 3.8) is 0 Å².